The van der Waals surface area contributed by atoms with Crippen molar-refractivity contribution in [1.29, 1.82) is 10.5 Å². The van der Waals surface area contributed by atoms with E-state index in [1.165, 1.54) is 0 Å². The first-order valence-electron chi connectivity index (χ1n) is 5.38. The molecule has 0 radical (unpaired) electrons. The number of nitrogens with zero attached hydrogens (tertiary/aromatic N) is 2. The van der Waals surface area contributed by atoms with Gasteiger partial charge in [-0.05, 0) is 24.1 Å². The van der Waals surface area contributed by atoms with Crippen LogP contribution in [-0.4, -0.2) is 20.3 Å². The minimum absolute atomic E-state index is 0.390. The fourth-order valence-corrected chi connectivity index (χ4v) is 1.48. The number of nitrogens with one attached hydrogen (secondary N) is 1. The molecule has 4 nitrogen and oxygen atoms in total. The lowest BCUT2D eigenvalue weighted by molar-refractivity contribution is 0.164. The number of anilines is 1. The zero-order chi connectivity index (χ0) is 12.7. The summed E-state index contributed by atoms with van der Waals surface area (Å²) in [7, 11) is 1.67. The van der Waals surface area contributed by atoms with E-state index < -0.39 is 0 Å². The molecule has 1 atom stereocenters. The number of nitriles is 2. The fraction of sp³-hybridized carbons (Fsp3) is 0.385. The second kappa shape index (κ2) is 6.52. The van der Waals surface area contributed by atoms with Crippen LogP contribution in [0.2, 0.25) is 0 Å². The summed E-state index contributed by atoms with van der Waals surface area (Å²) in [5.74, 6) is 0.390. The van der Waals surface area contributed by atoms with Crippen LogP contribution in [0.1, 0.15) is 18.1 Å². The zero-order valence-corrected chi connectivity index (χ0v) is 10.0. The molecule has 0 aliphatic rings. The van der Waals surface area contributed by atoms with Gasteiger partial charge in [0.25, 0.3) is 0 Å². The van der Waals surface area contributed by atoms with Gasteiger partial charge in [-0.15, -0.1) is 0 Å². The van der Waals surface area contributed by atoms with Gasteiger partial charge in [-0.1, -0.05) is 6.92 Å². The summed E-state index contributed by atoms with van der Waals surface area (Å²) in [6.07, 6.45) is 0. The molecule has 1 rings (SSSR count). The van der Waals surface area contributed by atoms with Crippen LogP contribution in [-0.2, 0) is 4.74 Å². The summed E-state index contributed by atoms with van der Waals surface area (Å²) < 4.78 is 5.04. The third kappa shape index (κ3) is 3.79. The van der Waals surface area contributed by atoms with Crippen LogP contribution in [0.15, 0.2) is 18.2 Å². The topological polar surface area (TPSA) is 68.8 Å². The van der Waals surface area contributed by atoms with Gasteiger partial charge in [-0.2, -0.15) is 10.5 Å². The first kappa shape index (κ1) is 13.0. The van der Waals surface area contributed by atoms with Crippen LogP contribution in [0.4, 0.5) is 5.69 Å². The van der Waals surface area contributed by atoms with Crippen molar-refractivity contribution in [1.82, 2.24) is 0 Å². The molecule has 4 heteroatoms. The average molecular weight is 229 g/mol. The highest BCUT2D eigenvalue weighted by Crippen LogP contribution is 2.15. The molecule has 0 aromatic heterocycles. The van der Waals surface area contributed by atoms with Gasteiger partial charge in [0.2, 0.25) is 0 Å². The number of hydrogen-bond donors (Lipinski definition) is 1. The van der Waals surface area contributed by atoms with Crippen molar-refractivity contribution in [3.63, 3.8) is 0 Å². The van der Waals surface area contributed by atoms with E-state index in [0.717, 1.165) is 12.2 Å². The first-order chi connectivity index (χ1) is 8.21. The highest BCUT2D eigenvalue weighted by molar-refractivity contribution is 5.56. The molecule has 0 saturated heterocycles. The first-order valence-corrected chi connectivity index (χ1v) is 5.38. The maximum atomic E-state index is 8.89. The summed E-state index contributed by atoms with van der Waals surface area (Å²) in [5, 5.41) is 20.9. The van der Waals surface area contributed by atoms with Gasteiger partial charge in [0.15, 0.2) is 0 Å². The Balaban J connectivity index is 2.68. The monoisotopic (exact) mass is 229 g/mol. The third-order valence-electron chi connectivity index (χ3n) is 2.37. The molecule has 0 bridgehead atoms. The molecule has 17 heavy (non-hydrogen) atoms. The molecule has 88 valence electrons. The van der Waals surface area contributed by atoms with Gasteiger partial charge in [-0.3, -0.25) is 0 Å². The number of hydrogen-bond acceptors (Lipinski definition) is 4. The van der Waals surface area contributed by atoms with Crippen molar-refractivity contribution in [3.05, 3.63) is 29.3 Å². The smallest absolute Gasteiger partial charge is 0.101 e. The lowest BCUT2D eigenvalue weighted by atomic mass is 10.1. The van der Waals surface area contributed by atoms with E-state index in [9.17, 15) is 0 Å². The average Bonchev–Trinajstić information content (AvgIpc) is 2.36. The molecular formula is C13H15N3O. The van der Waals surface area contributed by atoms with Gasteiger partial charge < -0.3 is 10.1 Å². The van der Waals surface area contributed by atoms with Crippen molar-refractivity contribution in [2.75, 3.05) is 25.6 Å². The molecule has 0 fully saturated rings. The molecule has 0 aliphatic heterocycles. The highest BCUT2D eigenvalue weighted by Gasteiger charge is 2.04. The minimum atomic E-state index is 0.390. The van der Waals surface area contributed by atoms with Gasteiger partial charge in [0.05, 0.1) is 17.7 Å². The predicted octanol–water partition coefficient (Wildman–Crippen LogP) is 2.12. The molecule has 0 aliphatic carbocycles. The molecule has 1 aromatic rings. The zero-order valence-electron chi connectivity index (χ0n) is 10.0. The van der Waals surface area contributed by atoms with E-state index in [0.29, 0.717) is 23.7 Å². The third-order valence-corrected chi connectivity index (χ3v) is 2.37. The Morgan fingerprint density at radius 3 is 2.59 bits per heavy atom. The van der Waals surface area contributed by atoms with Crippen LogP contribution in [0.5, 0.6) is 0 Å². The van der Waals surface area contributed by atoms with E-state index in [2.05, 4.69) is 12.2 Å². The van der Waals surface area contributed by atoms with Gasteiger partial charge in [0, 0.05) is 19.3 Å². The molecule has 1 aromatic carbocycles. The lowest BCUT2D eigenvalue weighted by Crippen LogP contribution is -2.15. The molecule has 0 spiro atoms. The molecular weight excluding hydrogens is 214 g/mol. The Morgan fingerprint density at radius 2 is 2.00 bits per heavy atom. The summed E-state index contributed by atoms with van der Waals surface area (Å²) in [6.45, 7) is 3.53. The summed E-state index contributed by atoms with van der Waals surface area (Å²) in [4.78, 5) is 0. The largest absolute Gasteiger partial charge is 0.385 e. The standard InChI is InChI=1S/C13H15N3O/c1-10(9-17-2)8-16-13-4-3-11(6-14)12(5-13)7-15/h3-5,10,16H,8-9H2,1-2H3. The highest BCUT2D eigenvalue weighted by atomic mass is 16.5. The van der Waals surface area contributed by atoms with Crippen LogP contribution < -0.4 is 5.32 Å². The van der Waals surface area contributed by atoms with Crippen LogP contribution in [0, 0.1) is 28.6 Å². The van der Waals surface area contributed by atoms with E-state index in [-0.39, 0.29) is 0 Å². The Labute approximate surface area is 101 Å². The fourth-order valence-electron chi connectivity index (χ4n) is 1.48. The molecule has 0 saturated carbocycles. The molecule has 1 N–H and O–H groups in total. The minimum Gasteiger partial charge on any atom is -0.385 e. The van der Waals surface area contributed by atoms with Crippen LogP contribution in [0.3, 0.4) is 0 Å². The van der Waals surface area contributed by atoms with Gasteiger partial charge in [0.1, 0.15) is 12.1 Å². The van der Waals surface area contributed by atoms with Gasteiger partial charge in [-0.25, -0.2) is 0 Å². The lowest BCUT2D eigenvalue weighted by Gasteiger charge is -2.12. The summed E-state index contributed by atoms with van der Waals surface area (Å²) in [5.41, 5.74) is 1.66. The predicted molar refractivity (Wildman–Crippen MR) is 65.4 cm³/mol. The second-order valence-electron chi connectivity index (χ2n) is 3.93. The SMILES string of the molecule is COCC(C)CNc1ccc(C#N)c(C#N)c1. The summed E-state index contributed by atoms with van der Waals surface area (Å²) in [6, 6.07) is 9.15. The quantitative estimate of drug-likeness (QED) is 0.839. The number of rotatable bonds is 5. The van der Waals surface area contributed by atoms with E-state index >= 15 is 0 Å². The number of ether oxygens (including phenoxy) is 1. The molecule has 0 heterocycles. The number of benzene rings is 1. The van der Waals surface area contributed by atoms with E-state index in [4.69, 9.17) is 15.3 Å². The van der Waals surface area contributed by atoms with Gasteiger partial charge >= 0.3 is 0 Å². The molecule has 1 unspecified atom stereocenters. The number of methoxy groups -OCH3 is 1. The molecule has 0 amide bonds. The van der Waals surface area contributed by atoms with Crippen molar-refractivity contribution < 1.29 is 4.74 Å². The normalized spacial score (nSPS) is 11.3. The van der Waals surface area contributed by atoms with E-state index in [1.54, 1.807) is 25.3 Å². The van der Waals surface area contributed by atoms with Crippen LogP contribution >= 0.6 is 0 Å². The van der Waals surface area contributed by atoms with Crippen molar-refractivity contribution in [2.24, 2.45) is 5.92 Å². The Bertz CT molecular complexity index is 457. The van der Waals surface area contributed by atoms with Crippen molar-refractivity contribution >= 4 is 5.69 Å². The summed E-state index contributed by atoms with van der Waals surface area (Å²) >= 11 is 0. The van der Waals surface area contributed by atoms with E-state index in [1.807, 2.05) is 12.1 Å². The Hall–Kier alpha value is -2.04. The van der Waals surface area contributed by atoms with Crippen LogP contribution in [0.25, 0.3) is 0 Å². The van der Waals surface area contributed by atoms with Crippen molar-refractivity contribution in [3.8, 4) is 12.1 Å². The maximum absolute atomic E-state index is 8.89. The Kier molecular flexibility index (Phi) is 5.00. The van der Waals surface area contributed by atoms with Crippen molar-refractivity contribution in [2.45, 2.75) is 6.92 Å². The second-order valence-corrected chi connectivity index (χ2v) is 3.93. The Morgan fingerprint density at radius 1 is 1.29 bits per heavy atom. The maximum Gasteiger partial charge on any atom is 0.101 e.